The Morgan fingerprint density at radius 2 is 1.18 bits per heavy atom. The Kier molecular flexibility index (Phi) is 7.37. The second-order valence-electron chi connectivity index (χ2n) is 11.4. The van der Waals surface area contributed by atoms with Crippen molar-refractivity contribution in [2.45, 2.75) is 38.0 Å². The van der Waals surface area contributed by atoms with Gasteiger partial charge in [-0.05, 0) is 61.4 Å². The predicted molar refractivity (Wildman–Crippen MR) is 160 cm³/mol. The van der Waals surface area contributed by atoms with Crippen LogP contribution in [-0.4, -0.2) is 43.8 Å². The number of rotatable bonds is 4. The third-order valence-corrected chi connectivity index (χ3v) is 8.68. The highest BCUT2D eigenvalue weighted by molar-refractivity contribution is 5.92. The van der Waals surface area contributed by atoms with Crippen molar-refractivity contribution in [1.29, 1.82) is 0 Å². The Morgan fingerprint density at radius 3 is 1.70 bits per heavy atom. The number of nitrogens with zero attached hydrogens (tertiary/aromatic N) is 4. The van der Waals surface area contributed by atoms with Gasteiger partial charge in [0.2, 0.25) is 5.91 Å². The lowest BCUT2D eigenvalue weighted by molar-refractivity contribution is -0.135. The maximum atomic E-state index is 14.4. The summed E-state index contributed by atoms with van der Waals surface area (Å²) in [5, 5.41) is 0. The van der Waals surface area contributed by atoms with Crippen molar-refractivity contribution < 1.29 is 22.8 Å². The number of fused-ring (bicyclic) bond motifs is 2. The van der Waals surface area contributed by atoms with E-state index in [4.69, 9.17) is 4.42 Å². The van der Waals surface area contributed by atoms with Gasteiger partial charge >= 0.3 is 0 Å². The van der Waals surface area contributed by atoms with Crippen LogP contribution in [0, 0.1) is 17.6 Å². The number of hydrogen-bond donors (Lipinski definition) is 0. The van der Waals surface area contributed by atoms with Crippen molar-refractivity contribution in [2.75, 3.05) is 13.1 Å². The normalized spacial score (nSPS) is 19.0. The third-order valence-electron chi connectivity index (χ3n) is 8.68. The van der Waals surface area contributed by atoms with Gasteiger partial charge in [-0.15, -0.1) is 0 Å². The van der Waals surface area contributed by atoms with Gasteiger partial charge in [0.1, 0.15) is 23.7 Å². The maximum absolute atomic E-state index is 14.4. The molecule has 8 rings (SSSR count). The minimum Gasteiger partial charge on any atom is -0.459 e. The molecule has 2 aliphatic heterocycles. The number of carbonyl (C=O) groups excluding carboxylic acids is 2. The molecule has 2 atom stereocenters. The fraction of sp³-hybridized carbons (Fsp3) is 0.257. The molecular formula is C35H32F2N4O3. The van der Waals surface area contributed by atoms with Crippen LogP contribution in [0.3, 0.4) is 0 Å². The summed E-state index contributed by atoms with van der Waals surface area (Å²) in [5.41, 5.74) is 2.99. The van der Waals surface area contributed by atoms with E-state index in [1.807, 2.05) is 47.6 Å². The van der Waals surface area contributed by atoms with Gasteiger partial charge in [-0.25, -0.2) is 8.78 Å². The van der Waals surface area contributed by atoms with Crippen LogP contribution in [-0.2, 0) is 17.9 Å². The number of benzene rings is 2. The Bertz CT molecular complexity index is 1790. The van der Waals surface area contributed by atoms with Gasteiger partial charge in [0.25, 0.3) is 5.91 Å². The van der Waals surface area contributed by atoms with Crippen LogP contribution in [0.5, 0.6) is 0 Å². The summed E-state index contributed by atoms with van der Waals surface area (Å²) in [6.07, 6.45) is 7.37. The van der Waals surface area contributed by atoms with Crippen molar-refractivity contribution in [3.8, 4) is 0 Å². The summed E-state index contributed by atoms with van der Waals surface area (Å²) < 4.78 is 38.1. The molecule has 9 heteroatoms. The van der Waals surface area contributed by atoms with Crippen molar-refractivity contribution in [2.24, 2.45) is 5.92 Å². The summed E-state index contributed by atoms with van der Waals surface area (Å²) in [6.45, 7) is 2.61. The van der Waals surface area contributed by atoms with E-state index in [1.165, 1.54) is 18.4 Å². The Hall–Kier alpha value is -4.92. The molecule has 44 heavy (non-hydrogen) atoms. The first-order valence-corrected chi connectivity index (χ1v) is 14.9. The van der Waals surface area contributed by atoms with Crippen LogP contribution in [0.15, 0.2) is 108 Å². The average molecular weight is 595 g/mol. The molecular weight excluding hydrogens is 562 g/mol. The molecule has 5 aromatic rings. The summed E-state index contributed by atoms with van der Waals surface area (Å²) in [6, 6.07) is 23.7. The molecule has 7 nitrogen and oxygen atoms in total. The van der Waals surface area contributed by atoms with Crippen molar-refractivity contribution in [3.05, 3.63) is 143 Å². The Labute approximate surface area is 253 Å². The van der Waals surface area contributed by atoms with Crippen molar-refractivity contribution in [3.63, 3.8) is 0 Å². The molecule has 5 heterocycles. The number of halogens is 2. The lowest BCUT2D eigenvalue weighted by Crippen LogP contribution is -2.43. The molecule has 1 saturated carbocycles. The van der Waals surface area contributed by atoms with Crippen LogP contribution in [0.4, 0.5) is 8.78 Å². The molecule has 1 fully saturated rings. The molecule has 0 radical (unpaired) electrons. The second-order valence-corrected chi connectivity index (χ2v) is 11.4. The molecule has 2 unspecified atom stereocenters. The predicted octanol–water partition coefficient (Wildman–Crippen LogP) is 6.43. The standard InChI is InChI=1S/C18H15FN2O2.C17H17FN2O/c19-14-6-2-1-5-13(14)17-15-7-3-9-20(15)10-11-21(17)18(22)16-8-4-12-23-16;18-14-5-2-1-4-13(14)16-15-6-3-9-19(15)10-11-20(16)17(21)12-7-8-12/h1-9,12,17H,10-11H2;1-6,9,12,16H,7-8,10-11H2. The van der Waals surface area contributed by atoms with Gasteiger partial charge in [-0.2, -0.15) is 0 Å². The molecule has 1 aliphatic carbocycles. The first-order chi connectivity index (χ1) is 21.5. The van der Waals surface area contributed by atoms with Crippen LogP contribution in [0.1, 0.15) is 58.0 Å². The van der Waals surface area contributed by atoms with Gasteiger partial charge in [0.15, 0.2) is 5.76 Å². The number of furan rings is 1. The highest BCUT2D eigenvalue weighted by atomic mass is 19.1. The zero-order chi connectivity index (χ0) is 30.2. The molecule has 2 aromatic carbocycles. The van der Waals surface area contributed by atoms with E-state index < -0.39 is 6.04 Å². The smallest absolute Gasteiger partial charge is 0.290 e. The molecule has 3 aliphatic rings. The van der Waals surface area contributed by atoms with Crippen LogP contribution in [0.2, 0.25) is 0 Å². The van der Waals surface area contributed by atoms with Crippen LogP contribution in [0.25, 0.3) is 0 Å². The number of hydrogen-bond acceptors (Lipinski definition) is 3. The first-order valence-electron chi connectivity index (χ1n) is 14.9. The van der Waals surface area contributed by atoms with Gasteiger partial charge in [-0.3, -0.25) is 9.59 Å². The van der Waals surface area contributed by atoms with Gasteiger partial charge in [0, 0.05) is 67.0 Å². The quantitative estimate of drug-likeness (QED) is 0.241. The van der Waals surface area contributed by atoms with Crippen molar-refractivity contribution >= 4 is 11.8 Å². The summed E-state index contributed by atoms with van der Waals surface area (Å²) in [5.74, 6) is -0.186. The molecule has 0 spiro atoms. The number of carbonyl (C=O) groups is 2. The zero-order valence-electron chi connectivity index (χ0n) is 24.1. The summed E-state index contributed by atoms with van der Waals surface area (Å²) in [7, 11) is 0. The van der Waals surface area contributed by atoms with E-state index in [-0.39, 0.29) is 41.2 Å². The SMILES string of the molecule is O=C(C1CC1)N1CCn2cccc2C1c1ccccc1F.O=C(c1ccco1)N1CCn2cccc2C1c1ccccc1F. The molecule has 0 saturated heterocycles. The van der Waals surface area contributed by atoms with E-state index in [1.54, 1.807) is 47.4 Å². The van der Waals surface area contributed by atoms with E-state index in [0.29, 0.717) is 30.8 Å². The summed E-state index contributed by atoms with van der Waals surface area (Å²) in [4.78, 5) is 28.9. The van der Waals surface area contributed by atoms with Crippen LogP contribution < -0.4 is 0 Å². The minimum absolute atomic E-state index is 0.154. The third kappa shape index (κ3) is 5.12. The molecule has 224 valence electrons. The molecule has 3 aromatic heterocycles. The molecule has 0 bridgehead atoms. The van der Waals surface area contributed by atoms with Gasteiger partial charge in [0.05, 0.1) is 6.26 Å². The van der Waals surface area contributed by atoms with Crippen LogP contribution >= 0.6 is 0 Å². The Balaban J connectivity index is 0.000000143. The van der Waals surface area contributed by atoms with Crippen molar-refractivity contribution in [1.82, 2.24) is 18.9 Å². The number of amides is 2. The largest absolute Gasteiger partial charge is 0.459 e. The fourth-order valence-corrected chi connectivity index (χ4v) is 6.38. The van der Waals surface area contributed by atoms with E-state index >= 15 is 0 Å². The van der Waals surface area contributed by atoms with E-state index in [9.17, 15) is 18.4 Å². The molecule has 0 N–H and O–H groups in total. The Morgan fingerprint density at radius 1 is 0.636 bits per heavy atom. The zero-order valence-corrected chi connectivity index (χ0v) is 24.1. The van der Waals surface area contributed by atoms with Gasteiger partial charge < -0.3 is 23.4 Å². The van der Waals surface area contributed by atoms with E-state index in [0.717, 1.165) is 30.8 Å². The monoisotopic (exact) mass is 594 g/mol. The fourth-order valence-electron chi connectivity index (χ4n) is 6.38. The number of aromatic nitrogens is 2. The lowest BCUT2D eigenvalue weighted by atomic mass is 9.99. The van der Waals surface area contributed by atoms with E-state index in [2.05, 4.69) is 9.13 Å². The topological polar surface area (TPSA) is 63.6 Å². The maximum Gasteiger partial charge on any atom is 0.290 e. The average Bonchev–Trinajstić information content (AvgIpc) is 3.41. The first kappa shape index (κ1) is 27.9. The highest BCUT2D eigenvalue weighted by Gasteiger charge is 2.40. The second kappa shape index (κ2) is 11.6. The molecule has 2 amide bonds. The summed E-state index contributed by atoms with van der Waals surface area (Å²) >= 11 is 0. The lowest BCUT2D eigenvalue weighted by Gasteiger charge is -2.37. The highest BCUT2D eigenvalue weighted by Crippen LogP contribution is 2.39. The van der Waals surface area contributed by atoms with Gasteiger partial charge in [-0.1, -0.05) is 36.4 Å². The minimum atomic E-state index is -0.461.